The Kier molecular flexibility index (Phi) is 2.64. The molecule has 3 N–H and O–H groups in total. The molecule has 2 nitrogen and oxygen atoms in total. The second-order valence-corrected chi connectivity index (χ2v) is 4.95. The number of nitrogens with two attached hydrogens (primary N) is 1. The van der Waals surface area contributed by atoms with Crippen LogP contribution >= 0.6 is 22.7 Å². The van der Waals surface area contributed by atoms with Crippen molar-refractivity contribution < 1.29 is 5.11 Å². The molecule has 4 heteroatoms. The molecule has 1 atom stereocenters. The van der Waals surface area contributed by atoms with Gasteiger partial charge in [-0.25, -0.2) is 0 Å². The van der Waals surface area contributed by atoms with Crippen LogP contribution in [0.3, 0.4) is 0 Å². The maximum Gasteiger partial charge on any atom is 0.0894 e. The van der Waals surface area contributed by atoms with Crippen molar-refractivity contribution in [3.63, 3.8) is 0 Å². The van der Waals surface area contributed by atoms with E-state index in [0.29, 0.717) is 13.0 Å². The lowest BCUT2D eigenvalue weighted by atomic mass is 10.2. The predicted molar refractivity (Wildman–Crippen MR) is 58.3 cm³/mol. The first kappa shape index (κ1) is 9.15. The van der Waals surface area contributed by atoms with Gasteiger partial charge in [0.25, 0.3) is 0 Å². The van der Waals surface area contributed by atoms with E-state index in [0.717, 1.165) is 4.88 Å². The predicted octanol–water partition coefficient (Wildman–Crippen LogP) is 2.35. The van der Waals surface area contributed by atoms with Crippen molar-refractivity contribution in [3.05, 3.63) is 22.4 Å². The summed E-state index contributed by atoms with van der Waals surface area (Å²) in [4.78, 5) is 1.03. The van der Waals surface area contributed by atoms with Crippen LogP contribution in [0.5, 0.6) is 0 Å². The summed E-state index contributed by atoms with van der Waals surface area (Å²) in [6, 6.07) is 4.15. The van der Waals surface area contributed by atoms with Crippen LogP contribution in [-0.4, -0.2) is 11.7 Å². The fourth-order valence-corrected chi connectivity index (χ4v) is 3.39. The number of hydrogen-bond acceptors (Lipinski definition) is 4. The Bertz CT molecular complexity index is 364. The molecule has 2 aromatic rings. The average Bonchev–Trinajstić information content (AvgIpc) is 2.61. The topological polar surface area (TPSA) is 46.2 Å². The summed E-state index contributed by atoms with van der Waals surface area (Å²) in [7, 11) is 0. The van der Waals surface area contributed by atoms with Crippen molar-refractivity contribution in [2.45, 2.75) is 12.5 Å². The molecule has 0 saturated carbocycles. The monoisotopic (exact) mass is 213 g/mol. The van der Waals surface area contributed by atoms with E-state index < -0.39 is 0 Å². The van der Waals surface area contributed by atoms with Crippen LogP contribution in [0.15, 0.2) is 17.5 Å². The molecule has 0 aliphatic rings. The van der Waals surface area contributed by atoms with Gasteiger partial charge in [-0.05, 0) is 30.5 Å². The van der Waals surface area contributed by atoms with E-state index in [1.165, 1.54) is 9.40 Å². The minimum atomic E-state index is -0.380. The molecule has 0 spiro atoms. The van der Waals surface area contributed by atoms with E-state index in [-0.39, 0.29) is 6.10 Å². The third-order valence-corrected chi connectivity index (χ3v) is 4.12. The first-order valence-electron chi connectivity index (χ1n) is 4.16. The highest BCUT2D eigenvalue weighted by atomic mass is 32.1. The molecule has 0 aliphatic heterocycles. The number of rotatable bonds is 3. The van der Waals surface area contributed by atoms with Crippen LogP contribution in [-0.2, 0) is 0 Å². The molecular weight excluding hydrogens is 202 g/mol. The van der Waals surface area contributed by atoms with Crippen molar-refractivity contribution in [1.29, 1.82) is 0 Å². The summed E-state index contributed by atoms with van der Waals surface area (Å²) in [5, 5.41) is 11.7. The molecule has 1 unspecified atom stereocenters. The Balaban J connectivity index is 2.28. The molecule has 0 saturated heterocycles. The lowest BCUT2D eigenvalue weighted by Gasteiger charge is -2.04. The summed E-state index contributed by atoms with van der Waals surface area (Å²) in [5.41, 5.74) is 5.38. The highest BCUT2D eigenvalue weighted by Crippen LogP contribution is 2.34. The molecule has 2 rings (SSSR count). The number of aliphatic hydroxyl groups is 1. The van der Waals surface area contributed by atoms with Crippen LogP contribution < -0.4 is 5.73 Å². The van der Waals surface area contributed by atoms with Gasteiger partial charge < -0.3 is 10.8 Å². The number of hydrogen-bond donors (Lipinski definition) is 2. The smallest absolute Gasteiger partial charge is 0.0894 e. The standard InChI is InChI=1S/C9H11NOS2/c10-3-1-6(11)8-5-9-7(13-8)2-4-12-9/h2,4-6,11H,1,3,10H2. The van der Waals surface area contributed by atoms with Crippen molar-refractivity contribution in [2.75, 3.05) is 6.54 Å². The largest absolute Gasteiger partial charge is 0.388 e. The summed E-state index contributed by atoms with van der Waals surface area (Å²) in [6.45, 7) is 0.534. The third kappa shape index (κ3) is 1.76. The maximum atomic E-state index is 9.67. The van der Waals surface area contributed by atoms with Gasteiger partial charge in [0.1, 0.15) is 0 Å². The van der Waals surface area contributed by atoms with E-state index in [9.17, 15) is 5.11 Å². The first-order chi connectivity index (χ1) is 6.31. The molecule has 13 heavy (non-hydrogen) atoms. The van der Waals surface area contributed by atoms with E-state index in [4.69, 9.17) is 5.73 Å². The van der Waals surface area contributed by atoms with Crippen LogP contribution in [0, 0.1) is 0 Å². The molecule has 0 aromatic carbocycles. The van der Waals surface area contributed by atoms with Gasteiger partial charge in [-0.3, -0.25) is 0 Å². The van der Waals surface area contributed by atoms with Crippen molar-refractivity contribution in [2.24, 2.45) is 5.73 Å². The lowest BCUT2D eigenvalue weighted by Crippen LogP contribution is -2.05. The summed E-state index contributed by atoms with van der Waals surface area (Å²) in [6.07, 6.45) is 0.267. The van der Waals surface area contributed by atoms with Gasteiger partial charge in [-0.15, -0.1) is 22.7 Å². The van der Waals surface area contributed by atoms with Gasteiger partial charge in [-0.1, -0.05) is 0 Å². The minimum Gasteiger partial charge on any atom is -0.388 e. The van der Waals surface area contributed by atoms with Gasteiger partial charge >= 0.3 is 0 Å². The second kappa shape index (κ2) is 3.75. The number of thiophene rings is 2. The van der Waals surface area contributed by atoms with Crippen molar-refractivity contribution in [3.8, 4) is 0 Å². The molecule has 70 valence electrons. The zero-order chi connectivity index (χ0) is 9.26. The fraction of sp³-hybridized carbons (Fsp3) is 0.333. The molecule has 0 radical (unpaired) electrons. The Morgan fingerprint density at radius 2 is 2.31 bits per heavy atom. The van der Waals surface area contributed by atoms with E-state index in [1.807, 2.05) is 0 Å². The van der Waals surface area contributed by atoms with Crippen LogP contribution in [0.4, 0.5) is 0 Å². The summed E-state index contributed by atoms with van der Waals surface area (Å²) < 4.78 is 2.52. The fourth-order valence-electron chi connectivity index (χ4n) is 1.25. The first-order valence-corrected chi connectivity index (χ1v) is 5.86. The Morgan fingerprint density at radius 1 is 1.46 bits per heavy atom. The highest BCUT2D eigenvalue weighted by molar-refractivity contribution is 7.26. The molecule has 0 amide bonds. The molecule has 0 bridgehead atoms. The average molecular weight is 213 g/mol. The SMILES string of the molecule is NCCC(O)c1cc2sccc2s1. The van der Waals surface area contributed by atoms with Gasteiger partial charge in [0, 0.05) is 14.3 Å². The maximum absolute atomic E-state index is 9.67. The Labute approximate surface area is 84.6 Å². The zero-order valence-electron chi connectivity index (χ0n) is 7.06. The highest BCUT2D eigenvalue weighted by Gasteiger charge is 2.10. The van der Waals surface area contributed by atoms with Crippen molar-refractivity contribution >= 4 is 32.1 Å². The minimum absolute atomic E-state index is 0.380. The van der Waals surface area contributed by atoms with Crippen LogP contribution in [0.1, 0.15) is 17.4 Å². The molecule has 2 aromatic heterocycles. The normalized spacial score (nSPS) is 13.7. The van der Waals surface area contributed by atoms with Crippen LogP contribution in [0.2, 0.25) is 0 Å². The van der Waals surface area contributed by atoms with Gasteiger partial charge in [0.05, 0.1) is 6.10 Å². The van der Waals surface area contributed by atoms with Gasteiger partial charge in [0.2, 0.25) is 0 Å². The summed E-state index contributed by atoms with van der Waals surface area (Å²) in [5.74, 6) is 0. The van der Waals surface area contributed by atoms with E-state index in [1.54, 1.807) is 22.7 Å². The summed E-state index contributed by atoms with van der Waals surface area (Å²) >= 11 is 3.37. The quantitative estimate of drug-likeness (QED) is 0.822. The Hall–Kier alpha value is -0.420. The van der Waals surface area contributed by atoms with Crippen LogP contribution in [0.25, 0.3) is 9.40 Å². The van der Waals surface area contributed by atoms with Gasteiger partial charge in [0.15, 0.2) is 0 Å². The molecular formula is C9H11NOS2. The van der Waals surface area contributed by atoms with E-state index >= 15 is 0 Å². The molecule has 2 heterocycles. The van der Waals surface area contributed by atoms with E-state index in [2.05, 4.69) is 17.5 Å². The number of fused-ring (bicyclic) bond motifs is 1. The number of aliphatic hydroxyl groups excluding tert-OH is 1. The third-order valence-electron chi connectivity index (χ3n) is 1.93. The Morgan fingerprint density at radius 3 is 3.00 bits per heavy atom. The molecule has 0 fully saturated rings. The molecule has 0 aliphatic carbocycles. The zero-order valence-corrected chi connectivity index (χ0v) is 8.70. The van der Waals surface area contributed by atoms with Crippen molar-refractivity contribution in [1.82, 2.24) is 0 Å². The lowest BCUT2D eigenvalue weighted by molar-refractivity contribution is 0.174. The van der Waals surface area contributed by atoms with Gasteiger partial charge in [-0.2, -0.15) is 0 Å². The second-order valence-electron chi connectivity index (χ2n) is 2.89.